The van der Waals surface area contributed by atoms with Gasteiger partial charge in [-0.3, -0.25) is 4.79 Å². The lowest BCUT2D eigenvalue weighted by molar-refractivity contribution is 0.102. The van der Waals surface area contributed by atoms with Crippen LogP contribution in [0.2, 0.25) is 0 Å². The maximum absolute atomic E-state index is 12.5. The predicted octanol–water partition coefficient (Wildman–Crippen LogP) is 3.17. The average Bonchev–Trinajstić information content (AvgIpc) is 3.16. The second-order valence-corrected chi connectivity index (χ2v) is 8.09. The summed E-state index contributed by atoms with van der Waals surface area (Å²) in [6.45, 7) is 0. The summed E-state index contributed by atoms with van der Waals surface area (Å²) < 4.78 is 31.8. The van der Waals surface area contributed by atoms with Crippen molar-refractivity contribution in [2.24, 2.45) is 0 Å². The third-order valence-corrected chi connectivity index (χ3v) is 5.86. The Morgan fingerprint density at radius 2 is 1.69 bits per heavy atom. The first-order valence-corrected chi connectivity index (χ1v) is 10.1. The minimum Gasteiger partial charge on any atom is -0.488 e. The Hall–Kier alpha value is -2.38. The number of hydrogen-bond acceptors (Lipinski definition) is 4. The molecule has 0 unspecified atom stereocenters. The van der Waals surface area contributed by atoms with Crippen molar-refractivity contribution in [1.29, 1.82) is 0 Å². The molecule has 6 nitrogen and oxygen atoms in total. The third kappa shape index (κ3) is 4.23. The molecule has 7 heteroatoms. The summed E-state index contributed by atoms with van der Waals surface area (Å²) in [6, 6.07) is 13.1. The quantitative estimate of drug-likeness (QED) is 0.813. The van der Waals surface area contributed by atoms with E-state index < -0.39 is 10.0 Å². The van der Waals surface area contributed by atoms with Crippen molar-refractivity contribution in [3.63, 3.8) is 0 Å². The van der Waals surface area contributed by atoms with Crippen LogP contribution in [0.1, 0.15) is 36.0 Å². The van der Waals surface area contributed by atoms with E-state index in [0.29, 0.717) is 17.0 Å². The van der Waals surface area contributed by atoms with E-state index in [0.717, 1.165) is 12.8 Å². The normalized spacial score (nSPS) is 15.0. The summed E-state index contributed by atoms with van der Waals surface area (Å²) in [5, 5.41) is 2.84. The number of rotatable bonds is 6. The fourth-order valence-electron chi connectivity index (χ4n) is 2.96. The molecule has 0 atom stereocenters. The Labute approximate surface area is 153 Å². The SMILES string of the molecule is CNS(=O)(=O)c1ccc(C(=O)Nc2ccccc2OC2CCCC2)cc1. The first kappa shape index (κ1) is 18.4. The zero-order chi connectivity index (χ0) is 18.6. The molecule has 0 aliphatic heterocycles. The number of sulfonamides is 1. The first-order valence-electron chi connectivity index (χ1n) is 8.60. The Kier molecular flexibility index (Phi) is 5.58. The van der Waals surface area contributed by atoms with Crippen LogP contribution in [0, 0.1) is 0 Å². The van der Waals surface area contributed by atoms with Gasteiger partial charge in [-0.25, -0.2) is 13.1 Å². The standard InChI is InChI=1S/C19H22N2O4S/c1-20-26(23,24)16-12-10-14(11-13-16)19(22)21-17-8-4-5-9-18(17)25-15-6-2-3-7-15/h4-5,8-13,15,20H,2-3,6-7H2,1H3,(H,21,22). The van der Waals surface area contributed by atoms with Crippen molar-refractivity contribution in [3.8, 4) is 5.75 Å². The molecule has 2 aromatic rings. The van der Waals surface area contributed by atoms with Gasteiger partial charge in [-0.2, -0.15) is 0 Å². The Balaban J connectivity index is 1.74. The number of carbonyl (C=O) groups is 1. The Bertz CT molecular complexity index is 873. The lowest BCUT2D eigenvalue weighted by Gasteiger charge is -2.17. The monoisotopic (exact) mass is 374 g/mol. The molecular formula is C19H22N2O4S. The van der Waals surface area contributed by atoms with Crippen LogP contribution in [0.15, 0.2) is 53.4 Å². The molecule has 26 heavy (non-hydrogen) atoms. The minimum atomic E-state index is -3.52. The molecule has 1 amide bonds. The van der Waals surface area contributed by atoms with Gasteiger partial charge in [0, 0.05) is 5.56 Å². The van der Waals surface area contributed by atoms with Gasteiger partial charge < -0.3 is 10.1 Å². The summed E-state index contributed by atoms with van der Waals surface area (Å²) in [5.74, 6) is 0.336. The number of nitrogens with one attached hydrogen (secondary N) is 2. The first-order chi connectivity index (χ1) is 12.5. The maximum atomic E-state index is 12.5. The summed E-state index contributed by atoms with van der Waals surface area (Å²) in [4.78, 5) is 12.6. The summed E-state index contributed by atoms with van der Waals surface area (Å²) in [6.07, 6.45) is 4.59. The molecule has 0 radical (unpaired) electrons. The van der Waals surface area contributed by atoms with Gasteiger partial charge in [-0.1, -0.05) is 12.1 Å². The van der Waals surface area contributed by atoms with Crippen molar-refractivity contribution < 1.29 is 17.9 Å². The smallest absolute Gasteiger partial charge is 0.255 e. The highest BCUT2D eigenvalue weighted by Crippen LogP contribution is 2.30. The Morgan fingerprint density at radius 3 is 2.35 bits per heavy atom. The van der Waals surface area contributed by atoms with Crippen LogP contribution in [0.25, 0.3) is 0 Å². The molecule has 0 saturated heterocycles. The van der Waals surface area contributed by atoms with Gasteiger partial charge in [0.25, 0.3) is 5.91 Å². The van der Waals surface area contributed by atoms with Crippen LogP contribution in [0.4, 0.5) is 5.69 Å². The van der Waals surface area contributed by atoms with Gasteiger partial charge >= 0.3 is 0 Å². The molecule has 1 saturated carbocycles. The highest BCUT2D eigenvalue weighted by atomic mass is 32.2. The van der Waals surface area contributed by atoms with E-state index in [9.17, 15) is 13.2 Å². The topological polar surface area (TPSA) is 84.5 Å². The van der Waals surface area contributed by atoms with Crippen molar-refractivity contribution in [1.82, 2.24) is 4.72 Å². The number of hydrogen-bond donors (Lipinski definition) is 2. The third-order valence-electron chi connectivity index (χ3n) is 4.43. The van der Waals surface area contributed by atoms with E-state index in [1.54, 1.807) is 6.07 Å². The van der Waals surface area contributed by atoms with E-state index >= 15 is 0 Å². The average molecular weight is 374 g/mol. The second-order valence-electron chi connectivity index (χ2n) is 6.21. The molecule has 0 spiro atoms. The number of ether oxygens (including phenoxy) is 1. The van der Waals surface area contributed by atoms with Crippen LogP contribution >= 0.6 is 0 Å². The maximum Gasteiger partial charge on any atom is 0.255 e. The summed E-state index contributed by atoms with van der Waals surface area (Å²) in [7, 11) is -2.18. The van der Waals surface area contributed by atoms with E-state index in [1.165, 1.54) is 44.2 Å². The van der Waals surface area contributed by atoms with Gasteiger partial charge in [0.05, 0.1) is 16.7 Å². The van der Waals surface area contributed by atoms with Crippen LogP contribution in [-0.2, 0) is 10.0 Å². The lowest BCUT2D eigenvalue weighted by atomic mass is 10.2. The molecule has 138 valence electrons. The molecule has 1 aliphatic carbocycles. The van der Waals surface area contributed by atoms with Gasteiger partial charge in [0.2, 0.25) is 10.0 Å². The number of benzene rings is 2. The van der Waals surface area contributed by atoms with Gasteiger partial charge in [0.1, 0.15) is 5.75 Å². The van der Waals surface area contributed by atoms with Crippen LogP contribution in [0.5, 0.6) is 5.75 Å². The highest BCUT2D eigenvalue weighted by molar-refractivity contribution is 7.89. The molecular weight excluding hydrogens is 352 g/mol. The van der Waals surface area contributed by atoms with Gasteiger partial charge in [-0.05, 0) is 69.1 Å². The molecule has 0 heterocycles. The second kappa shape index (κ2) is 7.88. The van der Waals surface area contributed by atoms with E-state index in [-0.39, 0.29) is 16.9 Å². The minimum absolute atomic E-state index is 0.113. The Morgan fingerprint density at radius 1 is 1.04 bits per heavy atom. The van der Waals surface area contributed by atoms with Crippen molar-refractivity contribution >= 4 is 21.6 Å². The zero-order valence-electron chi connectivity index (χ0n) is 14.6. The number of anilines is 1. The van der Waals surface area contributed by atoms with Crippen LogP contribution in [-0.4, -0.2) is 27.5 Å². The number of carbonyl (C=O) groups excluding carboxylic acids is 1. The number of para-hydroxylation sites is 2. The molecule has 2 aromatic carbocycles. The van der Waals surface area contributed by atoms with Gasteiger partial charge in [-0.15, -0.1) is 0 Å². The van der Waals surface area contributed by atoms with Crippen molar-refractivity contribution in [3.05, 3.63) is 54.1 Å². The summed E-state index contributed by atoms with van der Waals surface area (Å²) >= 11 is 0. The van der Waals surface area contributed by atoms with Crippen molar-refractivity contribution in [2.45, 2.75) is 36.7 Å². The molecule has 3 rings (SSSR count). The molecule has 0 aromatic heterocycles. The lowest BCUT2D eigenvalue weighted by Crippen LogP contribution is -2.19. The van der Waals surface area contributed by atoms with E-state index in [4.69, 9.17) is 4.74 Å². The van der Waals surface area contributed by atoms with E-state index in [2.05, 4.69) is 10.0 Å². The zero-order valence-corrected chi connectivity index (χ0v) is 15.4. The largest absolute Gasteiger partial charge is 0.488 e. The molecule has 1 aliphatic rings. The van der Waals surface area contributed by atoms with Gasteiger partial charge in [0.15, 0.2) is 0 Å². The van der Waals surface area contributed by atoms with Crippen LogP contribution < -0.4 is 14.8 Å². The van der Waals surface area contributed by atoms with Crippen LogP contribution in [0.3, 0.4) is 0 Å². The fraction of sp³-hybridized carbons (Fsp3) is 0.316. The number of amides is 1. The molecule has 0 bridgehead atoms. The van der Waals surface area contributed by atoms with E-state index in [1.807, 2.05) is 18.2 Å². The fourth-order valence-corrected chi connectivity index (χ4v) is 3.69. The highest BCUT2D eigenvalue weighted by Gasteiger charge is 2.19. The predicted molar refractivity (Wildman–Crippen MR) is 100.0 cm³/mol. The molecule has 1 fully saturated rings. The summed E-state index contributed by atoms with van der Waals surface area (Å²) in [5.41, 5.74) is 0.979. The molecule has 2 N–H and O–H groups in total. The van der Waals surface area contributed by atoms with Crippen molar-refractivity contribution in [2.75, 3.05) is 12.4 Å².